The van der Waals surface area contributed by atoms with Gasteiger partial charge in [-0.1, -0.05) is 6.07 Å². The number of nitrogens with two attached hydrogens (primary N) is 1. The molecule has 18 heavy (non-hydrogen) atoms. The number of rotatable bonds is 5. The second-order valence-corrected chi connectivity index (χ2v) is 6.72. The van der Waals surface area contributed by atoms with Crippen molar-refractivity contribution >= 4 is 27.6 Å². The van der Waals surface area contributed by atoms with Crippen molar-refractivity contribution in [3.63, 3.8) is 0 Å². The maximum absolute atomic E-state index is 11.5. The lowest BCUT2D eigenvalue weighted by molar-refractivity contribution is -0.137. The number of hydrogen-bond acceptors (Lipinski definition) is 5. The Morgan fingerprint density at radius 1 is 1.50 bits per heavy atom. The van der Waals surface area contributed by atoms with Crippen molar-refractivity contribution in [3.05, 3.63) is 23.8 Å². The minimum absolute atomic E-state index is 0.188. The van der Waals surface area contributed by atoms with Gasteiger partial charge >= 0.3 is 5.97 Å². The number of carbonyl (C=O) groups is 1. The molecule has 0 aliphatic carbocycles. The smallest absolute Gasteiger partial charge is 0.305 e. The van der Waals surface area contributed by atoms with Crippen LogP contribution in [-0.4, -0.2) is 32.0 Å². The summed E-state index contributed by atoms with van der Waals surface area (Å²) in [4.78, 5) is 11.4. The zero-order chi connectivity index (χ0) is 13.9. The molecule has 1 aromatic carbocycles. The zero-order valence-corrected chi connectivity index (χ0v) is 11.7. The third-order valence-electron chi connectivity index (χ3n) is 2.41. The summed E-state index contributed by atoms with van der Waals surface area (Å²) in [6.45, 7) is 0. The Kier molecular flexibility index (Phi) is 4.78. The minimum Gasteiger partial charge on any atom is -0.481 e. The van der Waals surface area contributed by atoms with Crippen molar-refractivity contribution in [1.29, 1.82) is 0 Å². The van der Waals surface area contributed by atoms with Crippen LogP contribution in [0.3, 0.4) is 0 Å². The van der Waals surface area contributed by atoms with Gasteiger partial charge in [-0.15, -0.1) is 11.8 Å². The first-order valence-electron chi connectivity index (χ1n) is 5.11. The first-order valence-corrected chi connectivity index (χ1v) is 8.22. The second-order valence-electron chi connectivity index (χ2n) is 3.89. The van der Waals surface area contributed by atoms with Gasteiger partial charge in [-0.2, -0.15) is 0 Å². The van der Waals surface area contributed by atoms with Crippen molar-refractivity contribution in [2.45, 2.75) is 22.3 Å². The summed E-state index contributed by atoms with van der Waals surface area (Å²) in [5.74, 6) is -0.986. The Hall–Kier alpha value is -1.05. The third-order valence-corrected chi connectivity index (χ3v) is 4.47. The maximum Gasteiger partial charge on any atom is 0.305 e. The lowest BCUT2D eigenvalue weighted by atomic mass is 10.1. The minimum atomic E-state index is -3.29. The summed E-state index contributed by atoms with van der Waals surface area (Å²) in [6, 6.07) is 4.03. The maximum atomic E-state index is 11.5. The van der Waals surface area contributed by atoms with E-state index in [4.69, 9.17) is 10.8 Å². The predicted octanol–water partition coefficient (Wildman–Crippen LogP) is 1.29. The van der Waals surface area contributed by atoms with E-state index >= 15 is 0 Å². The van der Waals surface area contributed by atoms with Crippen molar-refractivity contribution < 1.29 is 18.3 Å². The number of thioether (sulfide) groups is 1. The standard InChI is InChI=1S/C11H15NO4S2/c1-17-9-5-7(8(12)6-11(13)14)3-4-10(9)18(2,15)16/h3-5,8H,6,12H2,1-2H3,(H,13,14). The Labute approximate surface area is 110 Å². The second kappa shape index (κ2) is 5.73. The van der Waals surface area contributed by atoms with Crippen LogP contribution in [0.4, 0.5) is 0 Å². The van der Waals surface area contributed by atoms with Crippen LogP contribution in [0.2, 0.25) is 0 Å². The zero-order valence-electron chi connectivity index (χ0n) is 10.1. The van der Waals surface area contributed by atoms with Gasteiger partial charge in [-0.3, -0.25) is 4.79 Å². The number of aliphatic carboxylic acids is 1. The molecule has 0 fully saturated rings. The number of sulfone groups is 1. The highest BCUT2D eigenvalue weighted by molar-refractivity contribution is 7.99. The molecule has 0 aliphatic rings. The van der Waals surface area contributed by atoms with Crippen molar-refractivity contribution in [2.75, 3.05) is 12.5 Å². The van der Waals surface area contributed by atoms with Gasteiger partial charge in [0.05, 0.1) is 11.3 Å². The van der Waals surface area contributed by atoms with Crippen molar-refractivity contribution in [2.24, 2.45) is 5.73 Å². The molecule has 0 saturated carbocycles. The summed E-state index contributed by atoms with van der Waals surface area (Å²) in [5.41, 5.74) is 6.36. The van der Waals surface area contributed by atoms with E-state index < -0.39 is 21.8 Å². The Balaban J connectivity index is 3.17. The molecule has 1 unspecified atom stereocenters. The number of hydrogen-bond donors (Lipinski definition) is 2. The molecule has 0 amide bonds. The van der Waals surface area contributed by atoms with Crippen molar-refractivity contribution in [3.8, 4) is 0 Å². The molecule has 0 radical (unpaired) electrons. The monoisotopic (exact) mass is 289 g/mol. The van der Waals surface area contributed by atoms with Crippen LogP contribution < -0.4 is 5.73 Å². The van der Waals surface area contributed by atoms with E-state index in [1.807, 2.05) is 0 Å². The summed E-state index contributed by atoms with van der Waals surface area (Å²) in [6.07, 6.45) is 2.71. The normalized spacial score (nSPS) is 13.3. The molecule has 1 atom stereocenters. The summed E-state index contributed by atoms with van der Waals surface area (Å²) in [7, 11) is -3.29. The molecular weight excluding hydrogens is 274 g/mol. The first kappa shape index (κ1) is 15.0. The molecule has 1 aromatic rings. The molecular formula is C11H15NO4S2. The molecule has 0 heterocycles. The van der Waals surface area contributed by atoms with Crippen molar-refractivity contribution in [1.82, 2.24) is 0 Å². The van der Waals surface area contributed by atoms with E-state index in [1.54, 1.807) is 18.4 Å². The van der Waals surface area contributed by atoms with Gasteiger partial charge < -0.3 is 10.8 Å². The SMILES string of the molecule is CSc1cc(C(N)CC(=O)O)ccc1S(C)(=O)=O. The van der Waals surface area contributed by atoms with Gasteiger partial charge in [-0.05, 0) is 24.0 Å². The fraction of sp³-hybridized carbons (Fsp3) is 0.364. The van der Waals surface area contributed by atoms with Crippen LogP contribution in [0.5, 0.6) is 0 Å². The quantitative estimate of drug-likeness (QED) is 0.793. The lowest BCUT2D eigenvalue weighted by Gasteiger charge is -2.13. The van der Waals surface area contributed by atoms with Gasteiger partial charge in [0.2, 0.25) is 0 Å². The molecule has 0 spiro atoms. The molecule has 7 heteroatoms. The Bertz CT molecular complexity index is 554. The van der Waals surface area contributed by atoms with Gasteiger partial charge in [-0.25, -0.2) is 8.42 Å². The van der Waals surface area contributed by atoms with E-state index in [0.29, 0.717) is 10.5 Å². The third kappa shape index (κ3) is 3.72. The summed E-state index contributed by atoms with van der Waals surface area (Å²) in [5, 5.41) is 8.67. The predicted molar refractivity (Wildman–Crippen MR) is 70.5 cm³/mol. The fourth-order valence-corrected chi connectivity index (χ4v) is 3.49. The van der Waals surface area contributed by atoms with E-state index in [1.165, 1.54) is 17.8 Å². The van der Waals surface area contributed by atoms with E-state index in [-0.39, 0.29) is 11.3 Å². The molecule has 0 saturated heterocycles. The number of carboxylic acids is 1. The van der Waals surface area contributed by atoms with Crippen LogP contribution in [0.15, 0.2) is 28.0 Å². The highest BCUT2D eigenvalue weighted by atomic mass is 32.2. The molecule has 0 aliphatic heterocycles. The van der Waals surface area contributed by atoms with Gasteiger partial charge in [0.15, 0.2) is 9.84 Å². The van der Waals surface area contributed by atoms with Crippen LogP contribution in [0.25, 0.3) is 0 Å². The number of benzene rings is 1. The van der Waals surface area contributed by atoms with Gasteiger partial charge in [0, 0.05) is 17.2 Å². The molecule has 1 rings (SSSR count). The first-order chi connectivity index (χ1) is 8.25. The molecule has 0 aromatic heterocycles. The highest BCUT2D eigenvalue weighted by Gasteiger charge is 2.16. The summed E-state index contributed by atoms with van der Waals surface area (Å²) >= 11 is 1.29. The largest absolute Gasteiger partial charge is 0.481 e. The van der Waals surface area contributed by atoms with E-state index in [0.717, 1.165) is 6.26 Å². The van der Waals surface area contributed by atoms with Crippen LogP contribution in [-0.2, 0) is 14.6 Å². The topological polar surface area (TPSA) is 97.5 Å². The molecule has 3 N–H and O–H groups in total. The lowest BCUT2D eigenvalue weighted by Crippen LogP contribution is -2.15. The van der Waals surface area contributed by atoms with Crippen LogP contribution in [0.1, 0.15) is 18.0 Å². The van der Waals surface area contributed by atoms with E-state index in [2.05, 4.69) is 0 Å². The highest BCUT2D eigenvalue weighted by Crippen LogP contribution is 2.28. The Morgan fingerprint density at radius 3 is 2.56 bits per heavy atom. The van der Waals surface area contributed by atoms with Crippen LogP contribution >= 0.6 is 11.8 Å². The molecule has 5 nitrogen and oxygen atoms in total. The van der Waals surface area contributed by atoms with Gasteiger partial charge in [0.1, 0.15) is 0 Å². The average molecular weight is 289 g/mol. The number of carboxylic acid groups (broad SMARTS) is 1. The summed E-state index contributed by atoms with van der Waals surface area (Å²) < 4.78 is 23.1. The average Bonchev–Trinajstić information content (AvgIpc) is 2.26. The Morgan fingerprint density at radius 2 is 2.11 bits per heavy atom. The van der Waals surface area contributed by atoms with E-state index in [9.17, 15) is 13.2 Å². The fourth-order valence-electron chi connectivity index (χ4n) is 1.53. The molecule has 0 bridgehead atoms. The molecule has 100 valence electrons. The van der Waals surface area contributed by atoms with Gasteiger partial charge in [0.25, 0.3) is 0 Å². The van der Waals surface area contributed by atoms with Crippen LogP contribution in [0, 0.1) is 0 Å².